The quantitative estimate of drug-likeness (QED) is 0.569. The van der Waals surface area contributed by atoms with Gasteiger partial charge in [0.2, 0.25) is 0 Å². The first-order chi connectivity index (χ1) is 4.93. The van der Waals surface area contributed by atoms with Crippen LogP contribution in [0.25, 0.3) is 0 Å². The van der Waals surface area contributed by atoms with Crippen LogP contribution in [0.1, 0.15) is 12.8 Å². The first kappa shape index (κ1) is 7.14. The third-order valence-corrected chi connectivity index (χ3v) is 1.23. The summed E-state index contributed by atoms with van der Waals surface area (Å²) in [6.07, 6.45) is 3.68. The summed E-state index contributed by atoms with van der Waals surface area (Å²) in [5.74, 6) is 0. The second-order valence-electron chi connectivity index (χ2n) is 2.07. The molecule has 5 heteroatoms. The van der Waals surface area contributed by atoms with Gasteiger partial charge in [-0.25, -0.2) is 4.68 Å². The van der Waals surface area contributed by atoms with Gasteiger partial charge in [0.15, 0.2) is 0 Å². The normalized spacial score (nSPS) is 10.1. The fourth-order valence-electron chi connectivity index (χ4n) is 0.701. The van der Waals surface area contributed by atoms with Crippen molar-refractivity contribution in [2.45, 2.75) is 19.4 Å². The molecular weight excluding hydrogens is 130 g/mol. The zero-order valence-electron chi connectivity index (χ0n) is 5.77. The minimum absolute atomic E-state index is 0.738. The van der Waals surface area contributed by atoms with Crippen molar-refractivity contribution < 1.29 is 0 Å². The van der Waals surface area contributed by atoms with E-state index in [0.29, 0.717) is 0 Å². The Balaban J connectivity index is 2.15. The van der Waals surface area contributed by atoms with Crippen molar-refractivity contribution in [2.75, 3.05) is 6.54 Å². The summed E-state index contributed by atoms with van der Waals surface area (Å²) in [6.45, 7) is 1.60. The highest BCUT2D eigenvalue weighted by Gasteiger charge is 1.89. The van der Waals surface area contributed by atoms with Crippen molar-refractivity contribution in [2.24, 2.45) is 5.73 Å². The SMILES string of the molecule is NCCCCn1cnnn1. The molecule has 1 aromatic heterocycles. The minimum atomic E-state index is 0.738. The molecule has 0 aromatic carbocycles. The number of hydrogen-bond acceptors (Lipinski definition) is 4. The number of nitrogens with zero attached hydrogens (tertiary/aromatic N) is 4. The number of unbranched alkanes of at least 4 members (excludes halogenated alkanes) is 1. The van der Waals surface area contributed by atoms with E-state index < -0.39 is 0 Å². The molecule has 0 saturated carbocycles. The monoisotopic (exact) mass is 141 g/mol. The number of hydrogen-bond donors (Lipinski definition) is 1. The molecule has 0 fully saturated rings. The molecule has 0 bridgehead atoms. The summed E-state index contributed by atoms with van der Waals surface area (Å²) in [4.78, 5) is 0. The van der Waals surface area contributed by atoms with Crippen molar-refractivity contribution in [3.63, 3.8) is 0 Å². The molecule has 0 saturated heterocycles. The van der Waals surface area contributed by atoms with Crippen molar-refractivity contribution in [1.82, 2.24) is 20.2 Å². The Hall–Kier alpha value is -0.970. The van der Waals surface area contributed by atoms with Crippen LogP contribution in [0.15, 0.2) is 6.33 Å². The third-order valence-electron chi connectivity index (χ3n) is 1.23. The highest BCUT2D eigenvalue weighted by Crippen LogP contribution is 1.88. The van der Waals surface area contributed by atoms with Crippen LogP contribution in [0.4, 0.5) is 0 Å². The Bertz CT molecular complexity index is 159. The van der Waals surface area contributed by atoms with E-state index in [1.807, 2.05) is 0 Å². The topological polar surface area (TPSA) is 69.6 Å². The molecule has 2 N–H and O–H groups in total. The molecular formula is C5H11N5. The van der Waals surface area contributed by atoms with Gasteiger partial charge in [0, 0.05) is 6.54 Å². The molecule has 0 spiro atoms. The molecule has 0 radical (unpaired) electrons. The maximum absolute atomic E-state index is 5.31. The van der Waals surface area contributed by atoms with Crippen LogP contribution in [0.5, 0.6) is 0 Å². The number of nitrogens with two attached hydrogens (primary N) is 1. The maximum atomic E-state index is 5.31. The maximum Gasteiger partial charge on any atom is 0.138 e. The Labute approximate surface area is 59.2 Å². The second kappa shape index (κ2) is 3.94. The van der Waals surface area contributed by atoms with Crippen LogP contribution < -0.4 is 5.73 Å². The van der Waals surface area contributed by atoms with Gasteiger partial charge in [0.05, 0.1) is 0 Å². The lowest BCUT2D eigenvalue weighted by atomic mass is 10.3. The highest BCUT2D eigenvalue weighted by molar-refractivity contribution is 4.47. The Morgan fingerprint density at radius 3 is 2.90 bits per heavy atom. The van der Waals surface area contributed by atoms with E-state index in [4.69, 9.17) is 5.73 Å². The first-order valence-electron chi connectivity index (χ1n) is 3.34. The van der Waals surface area contributed by atoms with Crippen LogP contribution in [0, 0.1) is 0 Å². The van der Waals surface area contributed by atoms with Crippen molar-refractivity contribution in [3.05, 3.63) is 6.33 Å². The molecule has 0 aliphatic heterocycles. The lowest BCUT2D eigenvalue weighted by Crippen LogP contribution is -2.03. The molecule has 5 nitrogen and oxygen atoms in total. The second-order valence-corrected chi connectivity index (χ2v) is 2.07. The molecule has 1 aromatic rings. The van der Waals surface area contributed by atoms with Crippen LogP contribution >= 0.6 is 0 Å². The van der Waals surface area contributed by atoms with Crippen molar-refractivity contribution >= 4 is 0 Å². The van der Waals surface area contributed by atoms with E-state index >= 15 is 0 Å². The van der Waals surface area contributed by atoms with Gasteiger partial charge in [0.1, 0.15) is 6.33 Å². The fraction of sp³-hybridized carbons (Fsp3) is 0.800. The van der Waals surface area contributed by atoms with Gasteiger partial charge in [0.25, 0.3) is 0 Å². The number of rotatable bonds is 4. The fourth-order valence-corrected chi connectivity index (χ4v) is 0.701. The standard InChI is InChI=1S/C5H11N5/c6-3-1-2-4-10-5-7-8-9-10/h5H,1-4,6H2. The smallest absolute Gasteiger partial charge is 0.138 e. The van der Waals surface area contributed by atoms with E-state index in [-0.39, 0.29) is 0 Å². The predicted molar refractivity (Wildman–Crippen MR) is 36.1 cm³/mol. The summed E-state index contributed by atoms with van der Waals surface area (Å²) in [7, 11) is 0. The van der Waals surface area contributed by atoms with Gasteiger partial charge in [-0.05, 0) is 29.8 Å². The molecule has 56 valence electrons. The van der Waals surface area contributed by atoms with Gasteiger partial charge in [-0.1, -0.05) is 0 Å². The third kappa shape index (κ3) is 2.10. The first-order valence-corrected chi connectivity index (χ1v) is 3.34. The lowest BCUT2D eigenvalue weighted by molar-refractivity contribution is 0.544. The van der Waals surface area contributed by atoms with Crippen LogP contribution in [0.2, 0.25) is 0 Å². The van der Waals surface area contributed by atoms with Gasteiger partial charge < -0.3 is 5.73 Å². The molecule has 0 amide bonds. The summed E-state index contributed by atoms with van der Waals surface area (Å²) in [6, 6.07) is 0. The minimum Gasteiger partial charge on any atom is -0.330 e. The average Bonchev–Trinajstić information content (AvgIpc) is 2.41. The van der Waals surface area contributed by atoms with Gasteiger partial charge in [-0.2, -0.15) is 0 Å². The summed E-state index contributed by atoms with van der Waals surface area (Å²) >= 11 is 0. The molecule has 1 rings (SSSR count). The number of tetrazole rings is 1. The van der Waals surface area contributed by atoms with Gasteiger partial charge >= 0.3 is 0 Å². The Morgan fingerprint density at radius 2 is 2.30 bits per heavy atom. The molecule has 0 aliphatic carbocycles. The van der Waals surface area contributed by atoms with E-state index in [1.165, 1.54) is 0 Å². The van der Waals surface area contributed by atoms with E-state index in [9.17, 15) is 0 Å². The highest BCUT2D eigenvalue weighted by atomic mass is 15.5. The van der Waals surface area contributed by atoms with Crippen LogP contribution in [-0.2, 0) is 6.54 Å². The number of aryl methyl sites for hydroxylation is 1. The van der Waals surface area contributed by atoms with E-state index in [2.05, 4.69) is 15.5 Å². The molecule has 0 unspecified atom stereocenters. The summed E-state index contributed by atoms with van der Waals surface area (Å²) in [5.41, 5.74) is 5.31. The predicted octanol–water partition coefficient (Wildman–Crippen LogP) is -0.588. The van der Waals surface area contributed by atoms with Gasteiger partial charge in [-0.3, -0.25) is 0 Å². The zero-order valence-corrected chi connectivity index (χ0v) is 5.77. The van der Waals surface area contributed by atoms with Crippen LogP contribution in [-0.4, -0.2) is 26.8 Å². The molecule has 1 heterocycles. The lowest BCUT2D eigenvalue weighted by Gasteiger charge is -1.95. The molecule has 10 heavy (non-hydrogen) atoms. The summed E-state index contributed by atoms with van der Waals surface area (Å²) in [5, 5.41) is 10.7. The van der Waals surface area contributed by atoms with Crippen molar-refractivity contribution in [1.29, 1.82) is 0 Å². The van der Waals surface area contributed by atoms with Crippen LogP contribution in [0.3, 0.4) is 0 Å². The van der Waals surface area contributed by atoms with E-state index in [1.54, 1.807) is 11.0 Å². The Kier molecular flexibility index (Phi) is 2.82. The Morgan fingerprint density at radius 1 is 1.40 bits per heavy atom. The zero-order chi connectivity index (χ0) is 7.23. The summed E-state index contributed by atoms with van der Waals surface area (Å²) < 4.78 is 1.70. The van der Waals surface area contributed by atoms with Crippen molar-refractivity contribution in [3.8, 4) is 0 Å². The molecule has 0 atom stereocenters. The number of aromatic nitrogens is 4. The van der Waals surface area contributed by atoms with Gasteiger partial charge in [-0.15, -0.1) is 5.10 Å². The average molecular weight is 141 g/mol. The van der Waals surface area contributed by atoms with E-state index in [0.717, 1.165) is 25.9 Å². The molecule has 0 aliphatic rings. The largest absolute Gasteiger partial charge is 0.330 e.